The summed E-state index contributed by atoms with van der Waals surface area (Å²) in [5, 5.41) is 8.93. The Morgan fingerprint density at radius 1 is 0.880 bits per heavy atom. The van der Waals surface area contributed by atoms with Gasteiger partial charge in [0.05, 0.1) is 17.7 Å². The van der Waals surface area contributed by atoms with Crippen molar-refractivity contribution in [2.75, 3.05) is 7.05 Å². The first-order chi connectivity index (χ1) is 12.2. The van der Waals surface area contributed by atoms with Gasteiger partial charge in [-0.3, -0.25) is 4.90 Å². The van der Waals surface area contributed by atoms with E-state index in [1.54, 1.807) is 0 Å². The highest BCUT2D eigenvalue weighted by molar-refractivity contribution is 5.34. The second-order valence-electron chi connectivity index (χ2n) is 6.09. The highest BCUT2D eigenvalue weighted by Gasteiger charge is 2.19. The summed E-state index contributed by atoms with van der Waals surface area (Å²) >= 11 is 0. The average molecular weight is 330 g/mol. The van der Waals surface area contributed by atoms with E-state index in [0.717, 1.165) is 23.2 Å². The van der Waals surface area contributed by atoms with Crippen LogP contribution in [-0.2, 0) is 6.54 Å². The predicted octanol–water partition coefficient (Wildman–Crippen LogP) is 4.92. The smallest absolute Gasteiger partial charge is 0.123 e. The second-order valence-corrected chi connectivity index (χ2v) is 6.09. The molecule has 3 heteroatoms. The number of nitrogens with zero attached hydrogens (tertiary/aromatic N) is 2. The van der Waals surface area contributed by atoms with E-state index in [0.29, 0.717) is 5.56 Å². The van der Waals surface area contributed by atoms with Crippen molar-refractivity contribution in [3.05, 3.63) is 107 Å². The van der Waals surface area contributed by atoms with Gasteiger partial charge in [0, 0.05) is 6.54 Å². The molecule has 0 saturated heterocycles. The van der Waals surface area contributed by atoms with Gasteiger partial charge < -0.3 is 0 Å². The number of benzene rings is 3. The quantitative estimate of drug-likeness (QED) is 0.664. The minimum absolute atomic E-state index is 0.0254. The molecule has 124 valence electrons. The van der Waals surface area contributed by atoms with E-state index in [2.05, 4.69) is 30.1 Å². The van der Waals surface area contributed by atoms with Gasteiger partial charge in [0.15, 0.2) is 0 Å². The molecule has 0 heterocycles. The monoisotopic (exact) mass is 330 g/mol. The molecule has 3 rings (SSSR count). The van der Waals surface area contributed by atoms with Crippen LogP contribution in [0.1, 0.15) is 28.3 Å². The minimum atomic E-state index is -0.231. The van der Waals surface area contributed by atoms with Gasteiger partial charge in [-0.2, -0.15) is 5.26 Å². The highest BCUT2D eigenvalue weighted by Crippen LogP contribution is 2.29. The van der Waals surface area contributed by atoms with E-state index in [-0.39, 0.29) is 11.9 Å². The lowest BCUT2D eigenvalue weighted by molar-refractivity contribution is 0.270. The van der Waals surface area contributed by atoms with Gasteiger partial charge in [-0.05, 0) is 48.0 Å². The summed E-state index contributed by atoms with van der Waals surface area (Å²) in [6.45, 7) is 0.725. The Kier molecular flexibility index (Phi) is 5.23. The van der Waals surface area contributed by atoms with Crippen LogP contribution in [0.15, 0.2) is 78.9 Å². The largest absolute Gasteiger partial charge is 0.291 e. The number of rotatable bonds is 5. The molecule has 0 fully saturated rings. The number of nitriles is 1. The van der Waals surface area contributed by atoms with Crippen molar-refractivity contribution in [3.8, 4) is 6.07 Å². The van der Waals surface area contributed by atoms with Crippen LogP contribution in [0, 0.1) is 17.1 Å². The Morgan fingerprint density at radius 3 is 2.08 bits per heavy atom. The normalized spacial score (nSPS) is 11.9. The summed E-state index contributed by atoms with van der Waals surface area (Å²) in [5.41, 5.74) is 3.99. The third-order valence-electron chi connectivity index (χ3n) is 4.26. The van der Waals surface area contributed by atoms with Crippen molar-refractivity contribution in [2.24, 2.45) is 0 Å². The lowest BCUT2D eigenvalue weighted by Crippen LogP contribution is -2.25. The van der Waals surface area contributed by atoms with Crippen molar-refractivity contribution in [1.82, 2.24) is 4.90 Å². The van der Waals surface area contributed by atoms with Gasteiger partial charge in [0.1, 0.15) is 5.82 Å². The molecule has 3 aromatic rings. The first kappa shape index (κ1) is 16.9. The van der Waals surface area contributed by atoms with Crippen LogP contribution in [0.3, 0.4) is 0 Å². The second kappa shape index (κ2) is 7.74. The van der Waals surface area contributed by atoms with Crippen LogP contribution in [0.2, 0.25) is 0 Å². The number of hydrogen-bond donors (Lipinski definition) is 0. The summed E-state index contributed by atoms with van der Waals surface area (Å²) < 4.78 is 13.3. The van der Waals surface area contributed by atoms with Crippen molar-refractivity contribution < 1.29 is 4.39 Å². The van der Waals surface area contributed by atoms with E-state index in [9.17, 15) is 4.39 Å². The number of halogens is 1. The molecule has 1 atom stereocenters. The maximum Gasteiger partial charge on any atom is 0.123 e. The molecule has 0 saturated carbocycles. The summed E-state index contributed by atoms with van der Waals surface area (Å²) in [7, 11) is 2.05. The van der Waals surface area contributed by atoms with E-state index >= 15 is 0 Å². The maximum atomic E-state index is 13.3. The summed E-state index contributed by atoms with van der Waals surface area (Å²) in [5.74, 6) is -0.231. The maximum absolute atomic E-state index is 13.3. The predicted molar refractivity (Wildman–Crippen MR) is 97.3 cm³/mol. The zero-order valence-corrected chi connectivity index (χ0v) is 14.1. The molecule has 0 aliphatic carbocycles. The van der Waals surface area contributed by atoms with Crippen molar-refractivity contribution in [3.63, 3.8) is 0 Å². The molecule has 0 aliphatic rings. The van der Waals surface area contributed by atoms with Gasteiger partial charge in [-0.15, -0.1) is 0 Å². The first-order valence-electron chi connectivity index (χ1n) is 8.17. The Morgan fingerprint density at radius 2 is 1.48 bits per heavy atom. The Balaban J connectivity index is 1.90. The van der Waals surface area contributed by atoms with E-state index in [1.165, 1.54) is 12.1 Å². The van der Waals surface area contributed by atoms with Crippen LogP contribution in [0.4, 0.5) is 4.39 Å². The fraction of sp³-hybridized carbons (Fsp3) is 0.136. The van der Waals surface area contributed by atoms with Gasteiger partial charge >= 0.3 is 0 Å². The third-order valence-corrected chi connectivity index (χ3v) is 4.26. The summed E-state index contributed by atoms with van der Waals surface area (Å²) in [6.07, 6.45) is 0. The molecule has 0 N–H and O–H groups in total. The van der Waals surface area contributed by atoms with Gasteiger partial charge in [-0.1, -0.05) is 54.6 Å². The van der Waals surface area contributed by atoms with Gasteiger partial charge in [0.2, 0.25) is 0 Å². The molecule has 3 aromatic carbocycles. The Hall–Kier alpha value is -2.96. The van der Waals surface area contributed by atoms with Crippen molar-refractivity contribution >= 4 is 0 Å². The lowest BCUT2D eigenvalue weighted by atomic mass is 9.97. The molecule has 0 aliphatic heterocycles. The molecule has 0 bridgehead atoms. The zero-order valence-electron chi connectivity index (χ0n) is 14.1. The third kappa shape index (κ3) is 4.12. The van der Waals surface area contributed by atoms with Crippen LogP contribution < -0.4 is 0 Å². The topological polar surface area (TPSA) is 27.0 Å². The van der Waals surface area contributed by atoms with Gasteiger partial charge in [0.25, 0.3) is 0 Å². The lowest BCUT2D eigenvalue weighted by Gasteiger charge is -2.29. The fourth-order valence-corrected chi connectivity index (χ4v) is 3.05. The molecular formula is C22H19FN2. The molecule has 0 spiro atoms. The average Bonchev–Trinajstić information content (AvgIpc) is 2.65. The highest BCUT2D eigenvalue weighted by atomic mass is 19.1. The van der Waals surface area contributed by atoms with E-state index in [1.807, 2.05) is 54.6 Å². The molecule has 0 amide bonds. The molecule has 0 unspecified atom stereocenters. The van der Waals surface area contributed by atoms with Crippen LogP contribution in [0.25, 0.3) is 0 Å². The summed E-state index contributed by atoms with van der Waals surface area (Å²) in [4.78, 5) is 2.23. The Labute approximate surface area is 147 Å². The minimum Gasteiger partial charge on any atom is -0.291 e. The molecular weight excluding hydrogens is 311 g/mol. The standard InChI is InChI=1S/C22H19FN2/c1-25(16-18-9-7-17(15-24)8-10-18)22(19-5-3-2-4-6-19)20-11-13-21(23)14-12-20/h2-14,22H,16H2,1H3/t22-/m0/s1. The molecule has 0 aromatic heterocycles. The van der Waals surface area contributed by atoms with E-state index in [4.69, 9.17) is 5.26 Å². The van der Waals surface area contributed by atoms with Gasteiger partial charge in [-0.25, -0.2) is 4.39 Å². The van der Waals surface area contributed by atoms with E-state index < -0.39 is 0 Å². The van der Waals surface area contributed by atoms with Crippen molar-refractivity contribution in [1.29, 1.82) is 5.26 Å². The molecule has 25 heavy (non-hydrogen) atoms. The Bertz CT molecular complexity index is 849. The van der Waals surface area contributed by atoms with Crippen LogP contribution in [-0.4, -0.2) is 11.9 Å². The first-order valence-corrected chi connectivity index (χ1v) is 8.17. The van der Waals surface area contributed by atoms with Crippen molar-refractivity contribution in [2.45, 2.75) is 12.6 Å². The van der Waals surface area contributed by atoms with Crippen LogP contribution in [0.5, 0.6) is 0 Å². The number of hydrogen-bond acceptors (Lipinski definition) is 2. The van der Waals surface area contributed by atoms with Crippen LogP contribution >= 0.6 is 0 Å². The fourth-order valence-electron chi connectivity index (χ4n) is 3.05. The molecule has 2 nitrogen and oxygen atoms in total. The summed E-state index contributed by atoms with van der Waals surface area (Å²) in [6, 6.07) is 26.6. The SMILES string of the molecule is CN(Cc1ccc(C#N)cc1)[C@@H](c1ccccc1)c1ccc(F)cc1. The molecule has 0 radical (unpaired) electrons. The zero-order chi connectivity index (χ0) is 17.6.